The lowest BCUT2D eigenvalue weighted by Gasteiger charge is -2.06. The number of para-hydroxylation sites is 1. The number of hydrogen-bond acceptors (Lipinski definition) is 1. The fourth-order valence-electron chi connectivity index (χ4n) is 2.64. The first-order chi connectivity index (χ1) is 10.3. The number of rotatable bonds is 1. The Morgan fingerprint density at radius 1 is 0.667 bits per heavy atom. The molecule has 0 spiro atoms. The van der Waals surface area contributed by atoms with Gasteiger partial charge in [0.05, 0.1) is 11.0 Å². The van der Waals surface area contributed by atoms with Gasteiger partial charge in [0.1, 0.15) is 5.82 Å². The van der Waals surface area contributed by atoms with Gasteiger partial charge in [-0.15, -0.1) is 0 Å². The highest BCUT2D eigenvalue weighted by molar-refractivity contribution is 5.94. The van der Waals surface area contributed by atoms with Gasteiger partial charge in [0.15, 0.2) is 0 Å². The molecular weight excluding hydrogens is 261 g/mol. The van der Waals surface area contributed by atoms with Crippen molar-refractivity contribution < 1.29 is 4.39 Å². The fourth-order valence-corrected chi connectivity index (χ4v) is 2.64. The molecule has 0 amide bonds. The smallest absolute Gasteiger partial charge is 0.131 e. The summed E-state index contributed by atoms with van der Waals surface area (Å²) in [5.41, 5.74) is 3.39. The molecule has 1 aromatic heterocycles. The maximum absolute atomic E-state index is 13.9. The van der Waals surface area contributed by atoms with E-state index in [1.54, 1.807) is 12.1 Å². The maximum atomic E-state index is 13.9. The number of halogens is 1. The summed E-state index contributed by atoms with van der Waals surface area (Å²) in [7, 11) is 0. The SMILES string of the molecule is Fc1ccccc1-c1ccc2nc3ccccc3cc2c1. The molecule has 0 N–H and O–H groups in total. The van der Waals surface area contributed by atoms with Crippen molar-refractivity contribution in [2.24, 2.45) is 0 Å². The van der Waals surface area contributed by atoms with Crippen molar-refractivity contribution in [2.75, 3.05) is 0 Å². The van der Waals surface area contributed by atoms with Crippen molar-refractivity contribution in [3.63, 3.8) is 0 Å². The Bertz CT molecular complexity index is 960. The molecule has 0 radical (unpaired) electrons. The van der Waals surface area contributed by atoms with Crippen LogP contribution in [-0.2, 0) is 0 Å². The van der Waals surface area contributed by atoms with E-state index in [9.17, 15) is 4.39 Å². The average molecular weight is 273 g/mol. The topological polar surface area (TPSA) is 12.9 Å². The summed E-state index contributed by atoms with van der Waals surface area (Å²) in [6.07, 6.45) is 0. The highest BCUT2D eigenvalue weighted by Crippen LogP contribution is 2.27. The van der Waals surface area contributed by atoms with E-state index in [1.165, 1.54) is 6.07 Å². The molecule has 0 saturated heterocycles. The lowest BCUT2D eigenvalue weighted by Crippen LogP contribution is -1.86. The molecule has 0 unspecified atom stereocenters. The molecule has 1 nitrogen and oxygen atoms in total. The Kier molecular flexibility index (Phi) is 2.68. The minimum Gasteiger partial charge on any atom is -0.248 e. The third kappa shape index (κ3) is 2.05. The van der Waals surface area contributed by atoms with Crippen LogP contribution in [-0.4, -0.2) is 4.98 Å². The van der Waals surface area contributed by atoms with Crippen LogP contribution >= 0.6 is 0 Å². The lowest BCUT2D eigenvalue weighted by atomic mass is 10.0. The second-order valence-electron chi connectivity index (χ2n) is 5.07. The van der Waals surface area contributed by atoms with Gasteiger partial charge in [-0.25, -0.2) is 9.37 Å². The highest BCUT2D eigenvalue weighted by Gasteiger charge is 2.06. The first-order valence-corrected chi connectivity index (χ1v) is 6.86. The number of pyridine rings is 1. The van der Waals surface area contributed by atoms with Crippen molar-refractivity contribution in [1.82, 2.24) is 4.98 Å². The Morgan fingerprint density at radius 3 is 2.33 bits per heavy atom. The van der Waals surface area contributed by atoms with Gasteiger partial charge >= 0.3 is 0 Å². The van der Waals surface area contributed by atoms with Crippen LogP contribution in [0.25, 0.3) is 32.9 Å². The van der Waals surface area contributed by atoms with Crippen LogP contribution in [0.2, 0.25) is 0 Å². The zero-order valence-electron chi connectivity index (χ0n) is 11.3. The largest absolute Gasteiger partial charge is 0.248 e. The zero-order chi connectivity index (χ0) is 14.2. The molecule has 4 aromatic rings. The Morgan fingerprint density at radius 2 is 1.43 bits per heavy atom. The van der Waals surface area contributed by atoms with Crippen molar-refractivity contribution >= 4 is 21.8 Å². The van der Waals surface area contributed by atoms with E-state index in [0.717, 1.165) is 27.4 Å². The third-order valence-corrected chi connectivity index (χ3v) is 3.70. The Balaban J connectivity index is 1.97. The van der Waals surface area contributed by atoms with E-state index in [-0.39, 0.29) is 5.82 Å². The van der Waals surface area contributed by atoms with E-state index in [2.05, 4.69) is 11.1 Å². The average Bonchev–Trinajstić information content (AvgIpc) is 2.53. The zero-order valence-corrected chi connectivity index (χ0v) is 11.3. The quantitative estimate of drug-likeness (QED) is 0.435. The summed E-state index contributed by atoms with van der Waals surface area (Å²) in [4.78, 5) is 4.64. The summed E-state index contributed by atoms with van der Waals surface area (Å²) in [5.74, 6) is -0.203. The summed E-state index contributed by atoms with van der Waals surface area (Å²) < 4.78 is 13.9. The van der Waals surface area contributed by atoms with Crippen LogP contribution < -0.4 is 0 Å². The normalized spacial score (nSPS) is 11.1. The standard InChI is InChI=1S/C19H12FN/c20-17-7-3-2-6-16(17)13-9-10-19-15(11-13)12-14-5-1-4-8-18(14)21-19/h1-12H. The van der Waals surface area contributed by atoms with E-state index >= 15 is 0 Å². The molecule has 100 valence electrons. The van der Waals surface area contributed by atoms with Gasteiger partial charge in [-0.3, -0.25) is 0 Å². The lowest BCUT2D eigenvalue weighted by molar-refractivity contribution is 0.631. The molecule has 0 aliphatic rings. The maximum Gasteiger partial charge on any atom is 0.131 e. The molecule has 21 heavy (non-hydrogen) atoms. The van der Waals surface area contributed by atoms with Gasteiger partial charge in [0.25, 0.3) is 0 Å². The second kappa shape index (κ2) is 4.67. The molecule has 4 rings (SSSR count). The van der Waals surface area contributed by atoms with Gasteiger partial charge in [-0.2, -0.15) is 0 Å². The van der Waals surface area contributed by atoms with Crippen molar-refractivity contribution in [3.05, 3.63) is 78.6 Å². The van der Waals surface area contributed by atoms with Crippen LogP contribution in [0.5, 0.6) is 0 Å². The third-order valence-electron chi connectivity index (χ3n) is 3.70. The van der Waals surface area contributed by atoms with Gasteiger partial charge in [0.2, 0.25) is 0 Å². The van der Waals surface area contributed by atoms with Crippen molar-refractivity contribution in [3.8, 4) is 11.1 Å². The molecule has 0 aliphatic carbocycles. The summed E-state index contributed by atoms with van der Waals surface area (Å²) in [6, 6.07) is 22.8. The predicted molar refractivity (Wildman–Crippen MR) is 84.6 cm³/mol. The summed E-state index contributed by atoms with van der Waals surface area (Å²) in [5, 5.41) is 2.12. The van der Waals surface area contributed by atoms with Gasteiger partial charge in [-0.05, 0) is 35.9 Å². The number of nitrogens with zero attached hydrogens (tertiary/aromatic N) is 1. The Hall–Kier alpha value is -2.74. The number of fused-ring (bicyclic) bond motifs is 2. The van der Waals surface area contributed by atoms with Gasteiger partial charge < -0.3 is 0 Å². The van der Waals surface area contributed by atoms with Crippen molar-refractivity contribution in [1.29, 1.82) is 0 Å². The molecule has 0 fully saturated rings. The molecule has 0 bridgehead atoms. The van der Waals surface area contributed by atoms with Crippen LogP contribution in [0, 0.1) is 5.82 Å². The molecule has 1 heterocycles. The molecule has 3 aromatic carbocycles. The number of hydrogen-bond donors (Lipinski definition) is 0. The van der Waals surface area contributed by atoms with Crippen LogP contribution in [0.3, 0.4) is 0 Å². The van der Waals surface area contributed by atoms with Crippen molar-refractivity contribution in [2.45, 2.75) is 0 Å². The molecule has 0 aliphatic heterocycles. The summed E-state index contributed by atoms with van der Waals surface area (Å²) >= 11 is 0. The number of benzene rings is 3. The van der Waals surface area contributed by atoms with Crippen LogP contribution in [0.4, 0.5) is 4.39 Å². The van der Waals surface area contributed by atoms with Gasteiger partial charge in [0, 0.05) is 16.3 Å². The molecular formula is C19H12FN. The van der Waals surface area contributed by atoms with Crippen LogP contribution in [0.15, 0.2) is 72.8 Å². The Labute approximate surface area is 121 Å². The van der Waals surface area contributed by atoms with E-state index in [0.29, 0.717) is 5.56 Å². The molecule has 0 atom stereocenters. The van der Waals surface area contributed by atoms with Gasteiger partial charge in [-0.1, -0.05) is 42.5 Å². The molecule has 0 saturated carbocycles. The monoisotopic (exact) mass is 273 g/mol. The summed E-state index contributed by atoms with van der Waals surface area (Å²) in [6.45, 7) is 0. The van der Waals surface area contributed by atoms with E-state index in [1.807, 2.05) is 48.5 Å². The van der Waals surface area contributed by atoms with E-state index < -0.39 is 0 Å². The second-order valence-corrected chi connectivity index (χ2v) is 5.07. The minimum atomic E-state index is -0.203. The fraction of sp³-hybridized carbons (Fsp3) is 0. The predicted octanol–water partition coefficient (Wildman–Crippen LogP) is 5.19. The number of aromatic nitrogens is 1. The van der Waals surface area contributed by atoms with Crippen LogP contribution in [0.1, 0.15) is 0 Å². The first-order valence-electron chi connectivity index (χ1n) is 6.86. The van der Waals surface area contributed by atoms with E-state index in [4.69, 9.17) is 0 Å². The molecule has 2 heteroatoms. The minimum absolute atomic E-state index is 0.203. The highest BCUT2D eigenvalue weighted by atomic mass is 19.1. The first kappa shape index (κ1) is 12.0.